The average molecular weight is 276 g/mol. The number of nitrogens with one attached hydrogen (secondary N) is 1. The van der Waals surface area contributed by atoms with E-state index in [9.17, 15) is 9.59 Å². The van der Waals surface area contributed by atoms with Crippen molar-refractivity contribution in [2.24, 2.45) is 0 Å². The number of amides is 1. The maximum atomic E-state index is 11.9. The van der Waals surface area contributed by atoms with E-state index in [1.807, 2.05) is 12.1 Å². The first-order valence-corrected chi connectivity index (χ1v) is 6.54. The first-order chi connectivity index (χ1) is 9.16. The highest BCUT2D eigenvalue weighted by molar-refractivity contribution is 7.11. The third-order valence-corrected chi connectivity index (χ3v) is 3.30. The molecule has 1 aromatic heterocycles. The Morgan fingerprint density at radius 3 is 2.79 bits per heavy atom. The van der Waals surface area contributed by atoms with Gasteiger partial charge in [0.05, 0.1) is 11.7 Å². The number of carbonyl (C=O) groups excluding carboxylic acids is 1. The van der Waals surface area contributed by atoms with Crippen molar-refractivity contribution in [3.8, 4) is 0 Å². The molecule has 0 atom stereocenters. The van der Waals surface area contributed by atoms with Gasteiger partial charge in [0.15, 0.2) is 0 Å². The summed E-state index contributed by atoms with van der Waals surface area (Å²) in [6.07, 6.45) is 1.92. The monoisotopic (exact) mass is 276 g/mol. The van der Waals surface area contributed by atoms with Crippen molar-refractivity contribution in [3.05, 3.63) is 46.4 Å². The van der Waals surface area contributed by atoms with Crippen LogP contribution in [0.25, 0.3) is 0 Å². The van der Waals surface area contributed by atoms with Crippen LogP contribution in [-0.4, -0.2) is 22.0 Å². The van der Waals surface area contributed by atoms with Crippen LogP contribution < -0.4 is 5.32 Å². The first-order valence-electron chi connectivity index (χ1n) is 5.66. The molecule has 0 radical (unpaired) electrons. The van der Waals surface area contributed by atoms with Gasteiger partial charge in [0.2, 0.25) is 0 Å². The number of hydrogen-bond donors (Lipinski definition) is 2. The van der Waals surface area contributed by atoms with Gasteiger partial charge in [-0.15, -0.1) is 11.3 Å². The summed E-state index contributed by atoms with van der Waals surface area (Å²) in [7, 11) is 0. The van der Waals surface area contributed by atoms with Gasteiger partial charge in [-0.25, -0.2) is 0 Å². The molecule has 2 rings (SSSR count). The molecule has 2 N–H and O–H groups in total. The Hall–Kier alpha value is -2.21. The number of rotatable bonds is 5. The fourth-order valence-electron chi connectivity index (χ4n) is 1.61. The number of aliphatic carboxylic acids is 1. The zero-order valence-electron chi connectivity index (χ0n) is 10.00. The van der Waals surface area contributed by atoms with Crippen LogP contribution in [0, 0.1) is 0 Å². The van der Waals surface area contributed by atoms with Crippen LogP contribution in [0.3, 0.4) is 0 Å². The normalized spacial score (nSPS) is 10.1. The molecule has 0 saturated heterocycles. The van der Waals surface area contributed by atoms with Gasteiger partial charge in [0.25, 0.3) is 5.91 Å². The van der Waals surface area contributed by atoms with Gasteiger partial charge in [-0.2, -0.15) is 0 Å². The van der Waals surface area contributed by atoms with E-state index < -0.39 is 5.97 Å². The van der Waals surface area contributed by atoms with E-state index in [0.717, 1.165) is 5.56 Å². The molecule has 0 unspecified atom stereocenters. The fraction of sp³-hybridized carbons (Fsp3) is 0.154. The van der Waals surface area contributed by atoms with Crippen molar-refractivity contribution in [2.75, 3.05) is 5.32 Å². The topological polar surface area (TPSA) is 79.3 Å². The maximum absolute atomic E-state index is 11.9. The van der Waals surface area contributed by atoms with Crippen LogP contribution in [0.5, 0.6) is 0 Å². The Morgan fingerprint density at radius 2 is 2.11 bits per heavy atom. The zero-order valence-corrected chi connectivity index (χ0v) is 10.8. The summed E-state index contributed by atoms with van der Waals surface area (Å²) in [4.78, 5) is 26.9. The molecule has 0 aliphatic rings. The average Bonchev–Trinajstić information content (AvgIpc) is 2.91. The van der Waals surface area contributed by atoms with Crippen LogP contribution in [0.2, 0.25) is 0 Å². The molecule has 0 aliphatic carbocycles. The number of para-hydroxylation sites is 1. The van der Waals surface area contributed by atoms with Crippen molar-refractivity contribution in [3.63, 3.8) is 0 Å². The molecular weight excluding hydrogens is 264 g/mol. The number of nitrogens with zero attached hydrogens (tertiary/aromatic N) is 1. The summed E-state index contributed by atoms with van der Waals surface area (Å²) in [5.74, 6) is -1.09. The van der Waals surface area contributed by atoms with Crippen molar-refractivity contribution in [1.82, 2.24) is 4.98 Å². The standard InChI is InChI=1S/C13H12N2O3S/c16-12(17)6-5-9-3-1-2-4-10(9)15-13(18)11-7-14-8-19-11/h1-4,7-8H,5-6H2,(H,15,18)(H,16,17). The molecule has 98 valence electrons. The van der Waals surface area contributed by atoms with Gasteiger partial charge in [-0.3, -0.25) is 14.6 Å². The molecule has 0 bridgehead atoms. The van der Waals surface area contributed by atoms with Crippen LogP contribution in [0.4, 0.5) is 5.69 Å². The second-order valence-corrected chi connectivity index (χ2v) is 4.76. The summed E-state index contributed by atoms with van der Waals surface area (Å²) in [5.41, 5.74) is 3.04. The molecule has 0 saturated carbocycles. The Morgan fingerprint density at radius 1 is 1.32 bits per heavy atom. The Labute approximate surface area is 113 Å². The third kappa shape index (κ3) is 3.62. The maximum Gasteiger partial charge on any atom is 0.303 e. The largest absolute Gasteiger partial charge is 0.481 e. The molecule has 0 aliphatic heterocycles. The minimum Gasteiger partial charge on any atom is -0.481 e. The number of anilines is 1. The van der Waals surface area contributed by atoms with Gasteiger partial charge in [-0.05, 0) is 18.1 Å². The van der Waals surface area contributed by atoms with E-state index in [2.05, 4.69) is 10.3 Å². The summed E-state index contributed by atoms with van der Waals surface area (Å²) in [6.45, 7) is 0. The molecule has 2 aromatic rings. The van der Waals surface area contributed by atoms with Crippen LogP contribution in [0.1, 0.15) is 21.7 Å². The predicted octanol–water partition coefficient (Wildman–Crippen LogP) is 2.41. The lowest BCUT2D eigenvalue weighted by atomic mass is 10.1. The number of carboxylic acids is 1. The SMILES string of the molecule is O=C(O)CCc1ccccc1NC(=O)c1cncs1. The number of benzene rings is 1. The smallest absolute Gasteiger partial charge is 0.303 e. The minimum atomic E-state index is -0.858. The molecule has 5 nitrogen and oxygen atoms in total. The predicted molar refractivity (Wildman–Crippen MR) is 72.5 cm³/mol. The molecule has 0 spiro atoms. The van der Waals surface area contributed by atoms with Gasteiger partial charge in [-0.1, -0.05) is 18.2 Å². The van der Waals surface area contributed by atoms with E-state index in [1.54, 1.807) is 17.6 Å². The van der Waals surface area contributed by atoms with Crippen LogP contribution >= 0.6 is 11.3 Å². The highest BCUT2D eigenvalue weighted by atomic mass is 32.1. The zero-order chi connectivity index (χ0) is 13.7. The lowest BCUT2D eigenvalue weighted by molar-refractivity contribution is -0.136. The number of aryl methyl sites for hydroxylation is 1. The van der Waals surface area contributed by atoms with Crippen LogP contribution in [-0.2, 0) is 11.2 Å². The van der Waals surface area contributed by atoms with Crippen molar-refractivity contribution < 1.29 is 14.7 Å². The molecule has 1 aromatic carbocycles. The first kappa shape index (κ1) is 13.2. The second-order valence-electron chi connectivity index (χ2n) is 3.87. The van der Waals surface area contributed by atoms with Crippen molar-refractivity contribution in [1.29, 1.82) is 0 Å². The lowest BCUT2D eigenvalue weighted by Gasteiger charge is -2.09. The number of thiazole rings is 1. The van der Waals surface area contributed by atoms with E-state index in [0.29, 0.717) is 17.0 Å². The van der Waals surface area contributed by atoms with Crippen molar-refractivity contribution in [2.45, 2.75) is 12.8 Å². The molecule has 19 heavy (non-hydrogen) atoms. The number of hydrogen-bond acceptors (Lipinski definition) is 4. The van der Waals surface area contributed by atoms with E-state index in [1.165, 1.54) is 17.5 Å². The highest BCUT2D eigenvalue weighted by Crippen LogP contribution is 2.18. The van der Waals surface area contributed by atoms with Crippen LogP contribution in [0.15, 0.2) is 36.0 Å². The number of aromatic nitrogens is 1. The second kappa shape index (κ2) is 6.10. The Balaban J connectivity index is 2.11. The number of carbonyl (C=O) groups is 2. The summed E-state index contributed by atoms with van der Waals surface area (Å²) < 4.78 is 0. The van der Waals surface area contributed by atoms with E-state index in [-0.39, 0.29) is 12.3 Å². The Kier molecular flexibility index (Phi) is 4.25. The summed E-state index contributed by atoms with van der Waals surface area (Å²) >= 11 is 1.26. The van der Waals surface area contributed by atoms with E-state index in [4.69, 9.17) is 5.11 Å². The van der Waals surface area contributed by atoms with E-state index >= 15 is 0 Å². The molecule has 1 heterocycles. The highest BCUT2D eigenvalue weighted by Gasteiger charge is 2.10. The third-order valence-electron chi connectivity index (χ3n) is 2.53. The minimum absolute atomic E-state index is 0.0352. The molecular formula is C13H12N2O3S. The molecule has 0 fully saturated rings. The molecule has 1 amide bonds. The summed E-state index contributed by atoms with van der Waals surface area (Å²) in [6, 6.07) is 7.19. The number of carboxylic acid groups (broad SMARTS) is 1. The van der Waals surface area contributed by atoms with Gasteiger partial charge >= 0.3 is 5.97 Å². The summed E-state index contributed by atoms with van der Waals surface area (Å²) in [5, 5.41) is 11.5. The molecule has 6 heteroatoms. The quantitative estimate of drug-likeness (QED) is 0.879. The van der Waals surface area contributed by atoms with Crippen molar-refractivity contribution >= 4 is 28.9 Å². The fourth-order valence-corrected chi connectivity index (χ4v) is 2.13. The Bertz CT molecular complexity index is 581. The lowest BCUT2D eigenvalue weighted by Crippen LogP contribution is -2.12. The van der Waals surface area contributed by atoms with Gasteiger partial charge in [0.1, 0.15) is 4.88 Å². The van der Waals surface area contributed by atoms with Gasteiger partial charge < -0.3 is 10.4 Å². The van der Waals surface area contributed by atoms with Gasteiger partial charge in [0, 0.05) is 12.1 Å².